The molecule has 0 saturated heterocycles. The first kappa shape index (κ1) is 9.58. The molecule has 0 amide bonds. The average Bonchev–Trinajstić information content (AvgIpc) is 2.08. The van der Waals surface area contributed by atoms with Gasteiger partial charge in [-0.3, -0.25) is 0 Å². The molecule has 1 saturated carbocycles. The lowest BCUT2D eigenvalue weighted by atomic mass is 10.3. The minimum atomic E-state index is -3.20. The van der Waals surface area contributed by atoms with Crippen LogP contribution in [0, 0.1) is 0 Å². The highest BCUT2D eigenvalue weighted by Gasteiger charge is 2.74. The summed E-state index contributed by atoms with van der Waals surface area (Å²) in [5, 5.41) is 8.04. The molecule has 60 valence electrons. The van der Waals surface area contributed by atoms with Crippen molar-refractivity contribution >= 4 is 18.4 Å². The van der Waals surface area contributed by atoms with Crippen molar-refractivity contribution in [2.45, 2.75) is 17.9 Å². The van der Waals surface area contributed by atoms with Crippen LogP contribution in [0.1, 0.15) is 6.42 Å². The summed E-state index contributed by atoms with van der Waals surface area (Å²) < 4.78 is 23.9. The summed E-state index contributed by atoms with van der Waals surface area (Å²) in [6.07, 6.45) is -0.741. The Balaban J connectivity index is 0.000000810. The molecule has 3 nitrogen and oxygen atoms in total. The molecule has 1 unspecified atom stereocenters. The zero-order chi connectivity index (χ0) is 7.28. The third-order valence-corrected chi connectivity index (χ3v) is 1.41. The van der Waals surface area contributed by atoms with Crippen molar-refractivity contribution < 1.29 is 18.7 Å². The van der Waals surface area contributed by atoms with Gasteiger partial charge in [-0.2, -0.15) is 0 Å². The van der Waals surface area contributed by atoms with Gasteiger partial charge < -0.3 is 10.8 Å². The molecule has 1 fully saturated rings. The molecule has 0 aromatic rings. The summed E-state index contributed by atoms with van der Waals surface area (Å²) in [6, 6.07) is 0. The van der Waals surface area contributed by atoms with Crippen LogP contribution >= 0.6 is 12.4 Å². The summed E-state index contributed by atoms with van der Waals surface area (Å²) in [6.45, 7) is 0. The maximum absolute atomic E-state index is 11.9. The second-order valence-electron chi connectivity index (χ2n) is 2.16. The van der Waals surface area contributed by atoms with E-state index in [1.807, 2.05) is 0 Å². The lowest BCUT2D eigenvalue weighted by Crippen LogP contribution is -2.38. The molecule has 0 aromatic heterocycles. The third-order valence-electron chi connectivity index (χ3n) is 1.41. The zero-order valence-corrected chi connectivity index (χ0v) is 5.62. The summed E-state index contributed by atoms with van der Waals surface area (Å²) in [5.74, 6) is -4.83. The van der Waals surface area contributed by atoms with E-state index >= 15 is 0 Å². The number of nitrogens with two attached hydrogens (primary N) is 1. The average molecular weight is 174 g/mol. The Labute approximate surface area is 61.6 Å². The second-order valence-corrected chi connectivity index (χ2v) is 2.16. The fourth-order valence-corrected chi connectivity index (χ4v) is 0.538. The van der Waals surface area contributed by atoms with Crippen LogP contribution in [0.4, 0.5) is 8.78 Å². The smallest absolute Gasteiger partial charge is 0.330 e. The van der Waals surface area contributed by atoms with Crippen LogP contribution in [0.3, 0.4) is 0 Å². The molecule has 0 aromatic carbocycles. The number of hydrogen-bond acceptors (Lipinski definition) is 2. The van der Waals surface area contributed by atoms with Crippen molar-refractivity contribution in [1.82, 2.24) is 0 Å². The Kier molecular flexibility index (Phi) is 1.95. The van der Waals surface area contributed by atoms with Gasteiger partial charge in [0.25, 0.3) is 5.92 Å². The second kappa shape index (κ2) is 2.03. The number of hydrogen-bond donors (Lipinski definition) is 2. The number of carboxylic acid groups (broad SMARTS) is 1. The van der Waals surface area contributed by atoms with E-state index < -0.39 is 23.9 Å². The number of carboxylic acids is 1. The summed E-state index contributed by atoms with van der Waals surface area (Å²) in [4.78, 5) is 9.89. The molecule has 0 aliphatic heterocycles. The van der Waals surface area contributed by atoms with Crippen LogP contribution in [-0.4, -0.2) is 22.5 Å². The summed E-state index contributed by atoms with van der Waals surface area (Å²) in [5.41, 5.74) is 2.45. The highest BCUT2D eigenvalue weighted by molar-refractivity contribution is 5.85. The molecule has 1 aliphatic carbocycles. The van der Waals surface area contributed by atoms with Gasteiger partial charge in [0.2, 0.25) is 0 Å². The van der Waals surface area contributed by atoms with Crippen LogP contribution < -0.4 is 5.73 Å². The van der Waals surface area contributed by atoms with Crippen molar-refractivity contribution in [2.24, 2.45) is 5.73 Å². The van der Waals surface area contributed by atoms with E-state index in [4.69, 9.17) is 10.8 Å². The monoisotopic (exact) mass is 173 g/mol. The molecule has 0 bridgehead atoms. The summed E-state index contributed by atoms with van der Waals surface area (Å²) in [7, 11) is 0. The van der Waals surface area contributed by atoms with Gasteiger partial charge in [-0.1, -0.05) is 0 Å². The number of alkyl halides is 2. The molecule has 6 heteroatoms. The first-order valence-electron chi connectivity index (χ1n) is 2.30. The van der Waals surface area contributed by atoms with Gasteiger partial charge in [0, 0.05) is 6.42 Å². The van der Waals surface area contributed by atoms with E-state index in [1.165, 1.54) is 0 Å². The SMILES string of the molecule is Cl.NC1(C(=O)O)CC1(F)F. The van der Waals surface area contributed by atoms with Crippen molar-refractivity contribution in [2.75, 3.05) is 0 Å². The fraction of sp³-hybridized carbons (Fsp3) is 0.750. The van der Waals surface area contributed by atoms with Crippen LogP contribution in [0.2, 0.25) is 0 Å². The van der Waals surface area contributed by atoms with Gasteiger partial charge in [-0.25, -0.2) is 13.6 Å². The zero-order valence-electron chi connectivity index (χ0n) is 4.80. The van der Waals surface area contributed by atoms with Crippen molar-refractivity contribution in [3.63, 3.8) is 0 Å². The van der Waals surface area contributed by atoms with Gasteiger partial charge >= 0.3 is 5.97 Å². The van der Waals surface area contributed by atoms with E-state index in [0.29, 0.717) is 0 Å². The molecule has 3 N–H and O–H groups in total. The number of rotatable bonds is 1. The van der Waals surface area contributed by atoms with Gasteiger partial charge in [-0.05, 0) is 0 Å². The van der Waals surface area contributed by atoms with Crippen LogP contribution in [0.15, 0.2) is 0 Å². The van der Waals surface area contributed by atoms with Gasteiger partial charge in [0.05, 0.1) is 0 Å². The standard InChI is InChI=1S/C4H5F2NO2.ClH/c5-4(6)1-3(4,7)2(8)9;/h1,7H2,(H,8,9);1H. The number of aliphatic carboxylic acids is 1. The van der Waals surface area contributed by atoms with E-state index in [-0.39, 0.29) is 12.4 Å². The number of carbonyl (C=O) groups is 1. The molecular weight excluding hydrogens is 167 g/mol. The lowest BCUT2D eigenvalue weighted by molar-refractivity contribution is -0.142. The van der Waals surface area contributed by atoms with Crippen LogP contribution in [0.25, 0.3) is 0 Å². The minimum Gasteiger partial charge on any atom is -0.480 e. The fourth-order valence-electron chi connectivity index (χ4n) is 0.538. The Hall–Kier alpha value is -0.420. The van der Waals surface area contributed by atoms with Crippen molar-refractivity contribution in [3.05, 3.63) is 0 Å². The molecule has 10 heavy (non-hydrogen) atoms. The third kappa shape index (κ3) is 0.951. The van der Waals surface area contributed by atoms with E-state index in [9.17, 15) is 13.6 Å². The predicted molar refractivity (Wildman–Crippen MR) is 31.4 cm³/mol. The Morgan fingerprint density at radius 3 is 1.90 bits per heavy atom. The highest BCUT2D eigenvalue weighted by atomic mass is 35.5. The minimum absolute atomic E-state index is 0. The normalized spacial score (nSPS) is 34.3. The highest BCUT2D eigenvalue weighted by Crippen LogP contribution is 2.50. The Morgan fingerprint density at radius 1 is 1.60 bits per heavy atom. The lowest BCUT2D eigenvalue weighted by Gasteiger charge is -2.00. The Morgan fingerprint density at radius 2 is 1.90 bits per heavy atom. The molecule has 0 radical (unpaired) electrons. The largest absolute Gasteiger partial charge is 0.480 e. The topological polar surface area (TPSA) is 63.3 Å². The molecule has 1 atom stereocenters. The molecule has 0 spiro atoms. The van der Waals surface area contributed by atoms with Crippen molar-refractivity contribution in [3.8, 4) is 0 Å². The van der Waals surface area contributed by atoms with Gasteiger partial charge in [0.1, 0.15) is 0 Å². The first-order chi connectivity index (χ1) is 3.90. The van der Waals surface area contributed by atoms with Crippen molar-refractivity contribution in [1.29, 1.82) is 0 Å². The Bertz CT molecular complexity index is 175. The molecule has 0 heterocycles. The maximum Gasteiger partial charge on any atom is 0.330 e. The van der Waals surface area contributed by atoms with Crippen LogP contribution in [0.5, 0.6) is 0 Å². The quantitative estimate of drug-likeness (QED) is 0.597. The predicted octanol–water partition coefficient (Wildman–Crippen LogP) is 0.229. The number of halogens is 3. The van der Waals surface area contributed by atoms with Gasteiger partial charge in [0.15, 0.2) is 5.54 Å². The first-order valence-corrected chi connectivity index (χ1v) is 2.30. The molecular formula is C4H6ClF2NO2. The van der Waals surface area contributed by atoms with Gasteiger partial charge in [-0.15, -0.1) is 12.4 Å². The molecule has 1 aliphatic rings. The molecule has 1 rings (SSSR count). The van der Waals surface area contributed by atoms with E-state index in [0.717, 1.165) is 0 Å². The van der Waals surface area contributed by atoms with Crippen LogP contribution in [-0.2, 0) is 4.79 Å². The van der Waals surface area contributed by atoms with E-state index in [2.05, 4.69) is 0 Å². The maximum atomic E-state index is 11.9. The van der Waals surface area contributed by atoms with E-state index in [1.54, 1.807) is 0 Å². The summed E-state index contributed by atoms with van der Waals surface area (Å²) >= 11 is 0.